The lowest BCUT2D eigenvalue weighted by Gasteiger charge is -2.24. The van der Waals surface area contributed by atoms with Gasteiger partial charge in [-0.25, -0.2) is 0 Å². The van der Waals surface area contributed by atoms with Gasteiger partial charge in [0.05, 0.1) is 10.4 Å². The van der Waals surface area contributed by atoms with Gasteiger partial charge in [0.25, 0.3) is 0 Å². The highest BCUT2D eigenvalue weighted by molar-refractivity contribution is 7.80. The summed E-state index contributed by atoms with van der Waals surface area (Å²) in [7, 11) is 0. The van der Waals surface area contributed by atoms with Crippen molar-refractivity contribution in [2.45, 2.75) is 46.6 Å². The molecule has 3 nitrogen and oxygen atoms in total. The summed E-state index contributed by atoms with van der Waals surface area (Å²) in [6, 6.07) is 0.182. The van der Waals surface area contributed by atoms with Crippen LogP contribution >= 0.6 is 12.2 Å². The van der Waals surface area contributed by atoms with Crippen LogP contribution in [0.5, 0.6) is 0 Å². The number of rotatable bonds is 5. The van der Waals surface area contributed by atoms with Gasteiger partial charge in [-0.15, -0.1) is 0 Å². The van der Waals surface area contributed by atoms with Gasteiger partial charge in [-0.05, 0) is 27.2 Å². The van der Waals surface area contributed by atoms with Crippen molar-refractivity contribution >= 4 is 23.1 Å². The Kier molecular flexibility index (Phi) is 5.05. The Hall–Kier alpha value is -0.640. The smallest absolute Gasteiger partial charge is 0.232 e. The minimum Gasteiger partial charge on any atom is -0.392 e. The highest BCUT2D eigenvalue weighted by Crippen LogP contribution is 2.15. The number of hydrogen-bond donors (Lipinski definition) is 2. The summed E-state index contributed by atoms with van der Waals surface area (Å²) in [5.41, 5.74) is 4.74. The van der Waals surface area contributed by atoms with Crippen LogP contribution in [0.3, 0.4) is 0 Å². The lowest BCUT2D eigenvalue weighted by Crippen LogP contribution is -2.47. The van der Waals surface area contributed by atoms with E-state index >= 15 is 0 Å². The SMILES string of the molecule is CCCC(C)NC(=O)C(C)(C)C(N)=S. The van der Waals surface area contributed by atoms with E-state index in [0.717, 1.165) is 12.8 Å². The van der Waals surface area contributed by atoms with E-state index in [1.54, 1.807) is 13.8 Å². The molecule has 0 aromatic heterocycles. The molecule has 0 aliphatic heterocycles. The number of carbonyl (C=O) groups is 1. The van der Waals surface area contributed by atoms with Crippen LogP contribution in [0.15, 0.2) is 0 Å². The first-order chi connectivity index (χ1) is 6.32. The molecule has 1 amide bonds. The van der Waals surface area contributed by atoms with E-state index in [1.165, 1.54) is 0 Å². The molecule has 0 aliphatic carbocycles. The molecule has 0 aromatic rings. The maximum atomic E-state index is 11.7. The molecule has 0 saturated heterocycles. The van der Waals surface area contributed by atoms with Gasteiger partial charge in [0.2, 0.25) is 5.91 Å². The van der Waals surface area contributed by atoms with Gasteiger partial charge in [0.1, 0.15) is 0 Å². The Bertz CT molecular complexity index is 226. The van der Waals surface area contributed by atoms with Crippen LogP contribution in [-0.4, -0.2) is 16.9 Å². The number of hydrogen-bond acceptors (Lipinski definition) is 2. The largest absolute Gasteiger partial charge is 0.392 e. The van der Waals surface area contributed by atoms with E-state index in [1.807, 2.05) is 6.92 Å². The minimum atomic E-state index is -0.753. The highest BCUT2D eigenvalue weighted by Gasteiger charge is 2.31. The van der Waals surface area contributed by atoms with Crippen molar-refractivity contribution in [3.63, 3.8) is 0 Å². The Labute approximate surface area is 91.4 Å². The van der Waals surface area contributed by atoms with Crippen molar-refractivity contribution in [3.05, 3.63) is 0 Å². The molecule has 3 N–H and O–H groups in total. The zero-order valence-corrected chi connectivity index (χ0v) is 10.2. The standard InChI is InChI=1S/C10H20N2OS/c1-5-6-7(2)12-9(13)10(3,4)8(11)14/h7H,5-6H2,1-4H3,(H2,11,14)(H,12,13). The fourth-order valence-corrected chi connectivity index (χ4v) is 1.11. The molecule has 1 unspecified atom stereocenters. The molecular weight excluding hydrogens is 196 g/mol. The van der Waals surface area contributed by atoms with E-state index in [0.29, 0.717) is 0 Å². The van der Waals surface area contributed by atoms with Gasteiger partial charge in [0, 0.05) is 6.04 Å². The van der Waals surface area contributed by atoms with E-state index in [-0.39, 0.29) is 16.9 Å². The van der Waals surface area contributed by atoms with Gasteiger partial charge in [-0.3, -0.25) is 4.79 Å². The molecular formula is C10H20N2OS. The predicted octanol–water partition coefficient (Wildman–Crippen LogP) is 1.60. The number of nitrogens with one attached hydrogen (secondary N) is 1. The third-order valence-corrected chi connectivity index (χ3v) is 2.79. The number of amides is 1. The molecule has 0 aliphatic rings. The van der Waals surface area contributed by atoms with Crippen LogP contribution in [0.1, 0.15) is 40.5 Å². The lowest BCUT2D eigenvalue weighted by molar-refractivity contribution is -0.126. The van der Waals surface area contributed by atoms with Crippen molar-refractivity contribution < 1.29 is 4.79 Å². The third-order valence-electron chi connectivity index (χ3n) is 2.28. The minimum absolute atomic E-state index is 0.0917. The first-order valence-corrected chi connectivity index (χ1v) is 5.34. The molecule has 1 atom stereocenters. The van der Waals surface area contributed by atoms with Gasteiger partial charge in [0.15, 0.2) is 0 Å². The molecule has 0 heterocycles. The number of nitrogens with two attached hydrogens (primary N) is 1. The van der Waals surface area contributed by atoms with Crippen LogP contribution in [0, 0.1) is 5.41 Å². The van der Waals surface area contributed by atoms with E-state index in [9.17, 15) is 4.79 Å². The summed E-state index contributed by atoms with van der Waals surface area (Å²) < 4.78 is 0. The number of thiocarbonyl (C=S) groups is 1. The van der Waals surface area contributed by atoms with Gasteiger partial charge in [-0.2, -0.15) is 0 Å². The molecule has 14 heavy (non-hydrogen) atoms. The molecule has 0 radical (unpaired) electrons. The second-order valence-corrected chi connectivity index (χ2v) is 4.59. The topological polar surface area (TPSA) is 55.1 Å². The van der Waals surface area contributed by atoms with Crippen LogP contribution < -0.4 is 11.1 Å². The molecule has 0 aromatic carbocycles. The van der Waals surface area contributed by atoms with Crippen molar-refractivity contribution in [3.8, 4) is 0 Å². The summed E-state index contributed by atoms with van der Waals surface area (Å²) in [5, 5.41) is 2.90. The molecule has 0 bridgehead atoms. The predicted molar refractivity (Wildman–Crippen MR) is 63.1 cm³/mol. The fraction of sp³-hybridized carbons (Fsp3) is 0.800. The fourth-order valence-electron chi connectivity index (χ4n) is 1.02. The van der Waals surface area contributed by atoms with Gasteiger partial charge >= 0.3 is 0 Å². The monoisotopic (exact) mass is 216 g/mol. The lowest BCUT2D eigenvalue weighted by atomic mass is 9.92. The van der Waals surface area contributed by atoms with E-state index in [4.69, 9.17) is 18.0 Å². The molecule has 0 saturated carbocycles. The summed E-state index contributed by atoms with van der Waals surface area (Å²) in [5.74, 6) is -0.0917. The maximum Gasteiger partial charge on any atom is 0.232 e. The second kappa shape index (κ2) is 5.29. The van der Waals surface area contributed by atoms with Crippen LogP contribution in [0.25, 0.3) is 0 Å². The maximum absolute atomic E-state index is 11.7. The van der Waals surface area contributed by atoms with Gasteiger partial charge in [-0.1, -0.05) is 25.6 Å². The average molecular weight is 216 g/mol. The zero-order chi connectivity index (χ0) is 11.4. The Morgan fingerprint density at radius 1 is 1.57 bits per heavy atom. The van der Waals surface area contributed by atoms with Crippen LogP contribution in [0.4, 0.5) is 0 Å². The molecule has 4 heteroatoms. The molecule has 0 spiro atoms. The summed E-state index contributed by atoms with van der Waals surface area (Å²) >= 11 is 4.84. The molecule has 82 valence electrons. The molecule has 0 rings (SSSR count). The van der Waals surface area contributed by atoms with Crippen LogP contribution in [-0.2, 0) is 4.79 Å². The Morgan fingerprint density at radius 2 is 2.07 bits per heavy atom. The summed E-state index contributed by atoms with van der Waals surface area (Å²) in [6.07, 6.45) is 2.02. The quantitative estimate of drug-likeness (QED) is 0.686. The first kappa shape index (κ1) is 13.4. The van der Waals surface area contributed by atoms with Crippen molar-refractivity contribution in [2.24, 2.45) is 11.1 Å². The summed E-state index contributed by atoms with van der Waals surface area (Å²) in [6.45, 7) is 7.55. The van der Waals surface area contributed by atoms with Gasteiger partial charge < -0.3 is 11.1 Å². The van der Waals surface area contributed by atoms with Crippen LogP contribution in [0.2, 0.25) is 0 Å². The first-order valence-electron chi connectivity index (χ1n) is 4.93. The normalized spacial score (nSPS) is 13.4. The van der Waals surface area contributed by atoms with Crippen molar-refractivity contribution in [2.75, 3.05) is 0 Å². The van der Waals surface area contributed by atoms with E-state index < -0.39 is 5.41 Å². The summed E-state index contributed by atoms with van der Waals surface area (Å²) in [4.78, 5) is 11.9. The molecule has 0 fully saturated rings. The second-order valence-electron chi connectivity index (χ2n) is 4.15. The number of carbonyl (C=O) groups excluding carboxylic acids is 1. The third kappa shape index (κ3) is 3.62. The Morgan fingerprint density at radius 3 is 2.43 bits per heavy atom. The zero-order valence-electron chi connectivity index (χ0n) is 9.39. The highest BCUT2D eigenvalue weighted by atomic mass is 32.1. The van der Waals surface area contributed by atoms with Crippen molar-refractivity contribution in [1.82, 2.24) is 5.32 Å². The Balaban J connectivity index is 4.27. The van der Waals surface area contributed by atoms with E-state index in [2.05, 4.69) is 12.2 Å². The average Bonchev–Trinajstić information content (AvgIpc) is 2.03. The van der Waals surface area contributed by atoms with Crippen molar-refractivity contribution in [1.29, 1.82) is 0 Å².